The van der Waals surface area contributed by atoms with Crippen LogP contribution < -0.4 is 5.32 Å². The average Bonchev–Trinajstić information content (AvgIpc) is 2.89. The minimum atomic E-state index is -2.41. The summed E-state index contributed by atoms with van der Waals surface area (Å²) in [6.45, 7) is 14.7. The molecular formula is C28H39N3O8Si. The maximum absolute atomic E-state index is 11.9. The Labute approximate surface area is 235 Å². The van der Waals surface area contributed by atoms with Crippen molar-refractivity contribution in [3.8, 4) is 0 Å². The Hall–Kier alpha value is -3.16. The van der Waals surface area contributed by atoms with E-state index < -0.39 is 42.2 Å². The first-order chi connectivity index (χ1) is 18.7. The monoisotopic (exact) mass is 573 g/mol. The summed E-state index contributed by atoms with van der Waals surface area (Å²) >= 11 is 0. The van der Waals surface area contributed by atoms with Gasteiger partial charge in [-0.1, -0.05) is 51.1 Å². The van der Waals surface area contributed by atoms with E-state index in [0.29, 0.717) is 6.42 Å². The Morgan fingerprint density at radius 2 is 1.77 bits per heavy atom. The van der Waals surface area contributed by atoms with Crippen LogP contribution in [0.15, 0.2) is 55.1 Å². The number of hydrogen-bond donors (Lipinski definition) is 1. The first kappa shape index (κ1) is 31.4. The summed E-state index contributed by atoms with van der Waals surface area (Å²) in [7, 11) is 0.679. The highest BCUT2D eigenvalue weighted by Crippen LogP contribution is 2.51. The molecule has 0 spiro atoms. The number of anilines is 1. The number of nitro groups is 2. The largest absolute Gasteiger partial charge is 0.410 e. The van der Waals surface area contributed by atoms with Crippen LogP contribution in [0, 0.1) is 20.2 Å². The van der Waals surface area contributed by atoms with Gasteiger partial charge >= 0.3 is 0 Å². The maximum Gasteiger partial charge on any atom is 0.299 e. The molecule has 3 rings (SSSR count). The highest BCUT2D eigenvalue weighted by atomic mass is 28.4. The first-order valence-electron chi connectivity index (χ1n) is 13.0. The van der Waals surface area contributed by atoms with Crippen LogP contribution in [0.1, 0.15) is 44.4 Å². The van der Waals surface area contributed by atoms with E-state index in [4.69, 9.17) is 18.6 Å². The van der Waals surface area contributed by atoms with Crippen molar-refractivity contribution in [2.45, 2.75) is 69.4 Å². The lowest BCUT2D eigenvalue weighted by Gasteiger charge is -2.52. The molecule has 0 saturated heterocycles. The fraction of sp³-hybridized carbons (Fsp3) is 0.500. The van der Waals surface area contributed by atoms with Gasteiger partial charge < -0.3 is 24.0 Å². The summed E-state index contributed by atoms with van der Waals surface area (Å²) in [5.74, 6) is 0. The van der Waals surface area contributed by atoms with Gasteiger partial charge in [0, 0.05) is 26.7 Å². The van der Waals surface area contributed by atoms with Crippen LogP contribution in [-0.2, 0) is 24.2 Å². The van der Waals surface area contributed by atoms with Crippen LogP contribution in [0.3, 0.4) is 0 Å². The fourth-order valence-electron chi connectivity index (χ4n) is 4.91. The molecule has 0 fully saturated rings. The van der Waals surface area contributed by atoms with Crippen LogP contribution in [0.25, 0.3) is 0 Å². The van der Waals surface area contributed by atoms with Crippen molar-refractivity contribution in [3.63, 3.8) is 0 Å². The summed E-state index contributed by atoms with van der Waals surface area (Å²) in [4.78, 5) is 21.9. The van der Waals surface area contributed by atoms with Crippen LogP contribution in [0.4, 0.5) is 17.1 Å². The summed E-state index contributed by atoms with van der Waals surface area (Å²) in [5.41, 5.74) is -0.212. The third-order valence-electron chi connectivity index (χ3n) is 7.87. The van der Waals surface area contributed by atoms with Gasteiger partial charge in [-0.3, -0.25) is 20.2 Å². The third kappa shape index (κ3) is 5.96. The number of benzene rings is 2. The SMILES string of the molecule is C=CCO[C@]1(C(OC)OC)c2ccccc2C(Nc2ccc([N+](=O)[O-])cc2[N+](=O)[O-])C[C@@H]1O[Si](C)(C)C(C)(C)C. The summed E-state index contributed by atoms with van der Waals surface area (Å²) < 4.78 is 25.3. The molecule has 218 valence electrons. The van der Waals surface area contributed by atoms with Gasteiger partial charge in [-0.15, -0.1) is 6.58 Å². The van der Waals surface area contributed by atoms with E-state index in [1.165, 1.54) is 12.1 Å². The van der Waals surface area contributed by atoms with Crippen molar-refractivity contribution in [1.29, 1.82) is 0 Å². The van der Waals surface area contributed by atoms with Gasteiger partial charge in [0.05, 0.1) is 34.7 Å². The lowest BCUT2D eigenvalue weighted by Crippen LogP contribution is -2.60. The second kappa shape index (κ2) is 12.1. The Bertz CT molecular complexity index is 1240. The normalized spacial score (nSPS) is 21.1. The Morgan fingerprint density at radius 3 is 2.33 bits per heavy atom. The first-order valence-corrected chi connectivity index (χ1v) is 15.9. The van der Waals surface area contributed by atoms with Gasteiger partial charge in [0.15, 0.2) is 20.2 Å². The molecule has 0 heterocycles. The second-order valence-electron chi connectivity index (χ2n) is 11.3. The quantitative estimate of drug-likeness (QED) is 0.0996. The molecule has 0 aliphatic heterocycles. The van der Waals surface area contributed by atoms with Crippen LogP contribution in [0.5, 0.6) is 0 Å². The van der Waals surface area contributed by atoms with Gasteiger partial charge in [0.25, 0.3) is 11.4 Å². The molecule has 1 N–H and O–H groups in total. The van der Waals surface area contributed by atoms with Crippen LogP contribution >= 0.6 is 0 Å². The van der Waals surface area contributed by atoms with Gasteiger partial charge in [0.2, 0.25) is 0 Å². The summed E-state index contributed by atoms with van der Waals surface area (Å²) in [5, 5.41) is 26.3. The van der Waals surface area contributed by atoms with Gasteiger partial charge in [-0.25, -0.2) is 0 Å². The van der Waals surface area contributed by atoms with E-state index in [9.17, 15) is 20.2 Å². The molecule has 1 aliphatic carbocycles. The number of non-ortho nitro benzene ring substituents is 1. The minimum Gasteiger partial charge on any atom is -0.410 e. The van der Waals surface area contributed by atoms with Crippen molar-refractivity contribution >= 4 is 25.4 Å². The van der Waals surface area contributed by atoms with Crippen molar-refractivity contribution in [2.24, 2.45) is 0 Å². The summed E-state index contributed by atoms with van der Waals surface area (Å²) in [6, 6.07) is 10.7. The average molecular weight is 574 g/mol. The van der Waals surface area contributed by atoms with Gasteiger partial charge in [-0.05, 0) is 35.3 Å². The second-order valence-corrected chi connectivity index (χ2v) is 16.1. The highest BCUT2D eigenvalue weighted by molar-refractivity contribution is 6.74. The van der Waals surface area contributed by atoms with E-state index in [0.717, 1.165) is 17.2 Å². The molecular weight excluding hydrogens is 534 g/mol. The topological polar surface area (TPSA) is 135 Å². The van der Waals surface area contributed by atoms with Crippen molar-refractivity contribution in [1.82, 2.24) is 0 Å². The number of fused-ring (bicyclic) bond motifs is 1. The molecule has 1 aliphatic rings. The van der Waals surface area contributed by atoms with Gasteiger partial charge in [0.1, 0.15) is 5.69 Å². The number of ether oxygens (including phenoxy) is 3. The zero-order chi connectivity index (χ0) is 29.9. The van der Waals surface area contributed by atoms with Gasteiger partial charge in [-0.2, -0.15) is 0 Å². The van der Waals surface area contributed by atoms with E-state index in [1.807, 2.05) is 24.3 Å². The molecule has 3 atom stereocenters. The lowest BCUT2D eigenvalue weighted by molar-refractivity contribution is -0.393. The standard InChI is InChI=1S/C28H39N3O8Si/c1-9-16-38-28(26(36-5)37-6)21-13-11-10-12-20(21)23(18-25(28)39-40(7,8)27(2,3)4)29-22-15-14-19(30(32)33)17-24(22)31(34)35/h9-15,17,23,25-26,29H,1,16,18H2,2-8H3/t23?,25-,28+/m0/s1. The van der Waals surface area contributed by atoms with Crippen molar-refractivity contribution < 1.29 is 28.5 Å². The Balaban J connectivity index is 2.24. The minimum absolute atomic E-state index is 0.135. The number of nitrogens with zero attached hydrogens (tertiary/aromatic N) is 2. The molecule has 11 nitrogen and oxygen atoms in total. The van der Waals surface area contributed by atoms with E-state index >= 15 is 0 Å². The molecule has 0 radical (unpaired) electrons. The molecule has 0 saturated carbocycles. The van der Waals surface area contributed by atoms with E-state index in [-0.39, 0.29) is 28.7 Å². The van der Waals surface area contributed by atoms with Crippen LogP contribution in [-0.4, -0.2) is 51.4 Å². The molecule has 0 aromatic heterocycles. The third-order valence-corrected chi connectivity index (χ3v) is 12.4. The number of methoxy groups -OCH3 is 2. The van der Waals surface area contributed by atoms with Crippen LogP contribution in [0.2, 0.25) is 18.1 Å². The molecule has 1 unspecified atom stereocenters. The molecule has 40 heavy (non-hydrogen) atoms. The zero-order valence-electron chi connectivity index (χ0n) is 24.1. The fourth-order valence-corrected chi connectivity index (χ4v) is 6.24. The molecule has 0 amide bonds. The van der Waals surface area contributed by atoms with E-state index in [2.05, 4.69) is 45.8 Å². The molecule has 12 heteroatoms. The lowest BCUT2D eigenvalue weighted by atomic mass is 9.73. The predicted octanol–water partition coefficient (Wildman–Crippen LogP) is 6.47. The number of nitro benzene ring substituents is 2. The number of hydrogen-bond acceptors (Lipinski definition) is 9. The molecule has 2 aromatic rings. The van der Waals surface area contributed by atoms with Crippen molar-refractivity contribution in [2.75, 3.05) is 26.1 Å². The van der Waals surface area contributed by atoms with Crippen molar-refractivity contribution in [3.05, 3.63) is 86.5 Å². The maximum atomic E-state index is 11.9. The molecule has 2 aromatic carbocycles. The highest BCUT2D eigenvalue weighted by Gasteiger charge is 2.57. The molecule has 0 bridgehead atoms. The predicted molar refractivity (Wildman–Crippen MR) is 155 cm³/mol. The summed E-state index contributed by atoms with van der Waals surface area (Å²) in [6.07, 6.45) is 0.555. The number of rotatable bonds is 12. The Kier molecular flexibility index (Phi) is 9.53. The van der Waals surface area contributed by atoms with E-state index in [1.54, 1.807) is 20.3 Å². The smallest absolute Gasteiger partial charge is 0.299 e. The Morgan fingerprint density at radius 1 is 1.12 bits per heavy atom. The number of nitrogens with one attached hydrogen (secondary N) is 1. The zero-order valence-corrected chi connectivity index (χ0v) is 25.1.